The number of hydrogen-bond acceptors (Lipinski definition) is 7. The number of nitrogens with one attached hydrogen (secondary N) is 2. The van der Waals surface area contributed by atoms with E-state index in [-0.39, 0.29) is 18.4 Å². The average molecular weight is 569 g/mol. The van der Waals surface area contributed by atoms with Crippen molar-refractivity contribution in [1.29, 1.82) is 0 Å². The number of halogens is 1. The third kappa shape index (κ3) is 7.50. The van der Waals surface area contributed by atoms with E-state index in [9.17, 15) is 14.4 Å². The van der Waals surface area contributed by atoms with E-state index in [1.807, 2.05) is 13.0 Å². The van der Waals surface area contributed by atoms with Crippen molar-refractivity contribution in [3.63, 3.8) is 0 Å². The molecule has 1 atom stereocenters. The number of carbonyl (C=O) groups is 3. The molecular formula is C28H33ClN6O5. The normalized spacial score (nSPS) is 17.3. The van der Waals surface area contributed by atoms with Gasteiger partial charge in [-0.25, -0.2) is 0 Å². The Morgan fingerprint density at radius 3 is 2.77 bits per heavy atom. The van der Waals surface area contributed by atoms with Crippen LogP contribution in [0.3, 0.4) is 0 Å². The zero-order valence-corrected chi connectivity index (χ0v) is 23.5. The summed E-state index contributed by atoms with van der Waals surface area (Å²) < 4.78 is 12.9. The minimum Gasteiger partial charge on any atom is -0.497 e. The number of nitrogens with zero attached hydrogens (tertiary/aromatic N) is 4. The summed E-state index contributed by atoms with van der Waals surface area (Å²) >= 11 is 6.21. The molecule has 4 rings (SSSR count). The molecule has 0 fully saturated rings. The number of ether oxygens (including phenoxy) is 2. The van der Waals surface area contributed by atoms with E-state index in [2.05, 4.69) is 20.9 Å². The molecule has 0 aliphatic carbocycles. The molecule has 212 valence electrons. The molecular weight excluding hydrogens is 536 g/mol. The highest BCUT2D eigenvalue weighted by Gasteiger charge is 2.22. The fraction of sp³-hybridized carbons (Fsp3) is 0.393. The predicted octanol–water partition coefficient (Wildman–Crippen LogP) is 3.00. The Labute approximate surface area is 237 Å². The Kier molecular flexibility index (Phi) is 9.60. The van der Waals surface area contributed by atoms with Crippen molar-refractivity contribution in [3.05, 3.63) is 70.0 Å². The summed E-state index contributed by atoms with van der Waals surface area (Å²) in [6.45, 7) is 5.27. The van der Waals surface area contributed by atoms with Crippen molar-refractivity contribution >= 4 is 29.3 Å². The number of carbonyl (C=O) groups excluding carboxylic acids is 3. The molecule has 0 unspecified atom stereocenters. The summed E-state index contributed by atoms with van der Waals surface area (Å²) in [5, 5.41) is 14.4. The van der Waals surface area contributed by atoms with Crippen LogP contribution >= 0.6 is 11.6 Å². The number of rotatable bonds is 2. The number of aryl methyl sites for hydroxylation is 2. The van der Waals surface area contributed by atoms with Gasteiger partial charge < -0.3 is 25.0 Å². The first-order valence-electron chi connectivity index (χ1n) is 13.1. The van der Waals surface area contributed by atoms with Gasteiger partial charge >= 0.3 is 0 Å². The van der Waals surface area contributed by atoms with Crippen LogP contribution in [0.5, 0.6) is 11.5 Å². The predicted molar refractivity (Wildman–Crippen MR) is 149 cm³/mol. The second-order valence-electron chi connectivity index (χ2n) is 9.62. The summed E-state index contributed by atoms with van der Waals surface area (Å²) in [6, 6.07) is 9.40. The van der Waals surface area contributed by atoms with E-state index in [0.29, 0.717) is 72.4 Å². The summed E-state index contributed by atoms with van der Waals surface area (Å²) in [5.41, 5.74) is 2.31. The quantitative estimate of drug-likeness (QED) is 0.486. The zero-order chi connectivity index (χ0) is 28.6. The lowest BCUT2D eigenvalue weighted by Gasteiger charge is -2.22. The van der Waals surface area contributed by atoms with Crippen LogP contribution in [0, 0.1) is 6.92 Å². The number of aromatic nitrogens is 3. The Morgan fingerprint density at radius 2 is 1.98 bits per heavy atom. The van der Waals surface area contributed by atoms with Crippen molar-refractivity contribution in [2.75, 3.05) is 26.8 Å². The minimum atomic E-state index is -0.769. The van der Waals surface area contributed by atoms with E-state index in [4.69, 9.17) is 21.1 Å². The lowest BCUT2D eigenvalue weighted by molar-refractivity contribution is -0.122. The molecule has 0 radical (unpaired) electrons. The number of methoxy groups -OCH3 is 1. The van der Waals surface area contributed by atoms with Gasteiger partial charge in [0.1, 0.15) is 23.2 Å². The molecule has 1 aliphatic rings. The van der Waals surface area contributed by atoms with Gasteiger partial charge in [0.15, 0.2) is 0 Å². The van der Waals surface area contributed by atoms with Gasteiger partial charge in [-0.1, -0.05) is 22.9 Å². The first-order chi connectivity index (χ1) is 19.2. The van der Waals surface area contributed by atoms with Gasteiger partial charge in [0.25, 0.3) is 11.8 Å². The Morgan fingerprint density at radius 1 is 1.15 bits per heavy atom. The van der Waals surface area contributed by atoms with Crippen LogP contribution in [0.2, 0.25) is 5.02 Å². The maximum Gasteiger partial charge on any atom is 0.255 e. The molecule has 1 aromatic heterocycles. The third-order valence-electron chi connectivity index (χ3n) is 6.40. The van der Waals surface area contributed by atoms with Gasteiger partial charge in [-0.15, -0.1) is 5.10 Å². The monoisotopic (exact) mass is 568 g/mol. The number of hydrogen-bond donors (Lipinski definition) is 2. The molecule has 0 saturated heterocycles. The van der Waals surface area contributed by atoms with Gasteiger partial charge in [-0.05, 0) is 56.2 Å². The van der Waals surface area contributed by atoms with Crippen molar-refractivity contribution in [1.82, 2.24) is 30.5 Å². The summed E-state index contributed by atoms with van der Waals surface area (Å²) in [7, 11) is 1.51. The van der Waals surface area contributed by atoms with Crippen LogP contribution in [-0.2, 0) is 17.9 Å². The van der Waals surface area contributed by atoms with Crippen LogP contribution in [0.15, 0.2) is 42.6 Å². The second kappa shape index (κ2) is 13.3. The highest BCUT2D eigenvalue weighted by Crippen LogP contribution is 2.23. The Hall–Kier alpha value is -4.12. The largest absolute Gasteiger partial charge is 0.497 e. The first kappa shape index (κ1) is 28.9. The molecule has 2 bridgehead atoms. The van der Waals surface area contributed by atoms with Crippen molar-refractivity contribution < 1.29 is 23.9 Å². The molecule has 2 aromatic carbocycles. The highest BCUT2D eigenvalue weighted by molar-refractivity contribution is 6.31. The number of benzene rings is 2. The molecule has 2 N–H and O–H groups in total. The van der Waals surface area contributed by atoms with E-state index in [0.717, 1.165) is 5.56 Å². The number of amides is 3. The molecule has 3 amide bonds. The van der Waals surface area contributed by atoms with Crippen LogP contribution < -0.4 is 20.1 Å². The molecule has 2 heterocycles. The van der Waals surface area contributed by atoms with Crippen molar-refractivity contribution in [2.45, 2.75) is 45.8 Å². The molecule has 0 saturated carbocycles. The average Bonchev–Trinajstić information content (AvgIpc) is 3.38. The summed E-state index contributed by atoms with van der Waals surface area (Å²) in [6.07, 6.45) is 2.88. The fourth-order valence-electron chi connectivity index (χ4n) is 4.27. The SMILES string of the molecule is COc1cc(Cl)cc(C(=O)N2CCCNC(=O)[C@@H](C)NC(=O)c3ccc(C)cc3OCCCn3cc(nn3)C2)c1. The van der Waals surface area contributed by atoms with Crippen molar-refractivity contribution in [2.24, 2.45) is 0 Å². The third-order valence-corrected chi connectivity index (χ3v) is 6.61. The smallest absolute Gasteiger partial charge is 0.255 e. The van der Waals surface area contributed by atoms with Crippen LogP contribution in [0.4, 0.5) is 0 Å². The standard InChI is InChI=1S/C28H33ClN6O5/c1-18-6-7-24-25(12-18)40-11-5-10-35-17-22(32-33-35)16-34(9-4-8-30-26(36)19(2)31-27(24)37)28(38)20-13-21(29)15-23(14-20)39-3/h6-7,12-15,17,19H,4-5,8-11,16H2,1-3H3,(H,30,36)(H,31,37)/t19-/m1/s1. The van der Waals surface area contributed by atoms with Crippen molar-refractivity contribution in [3.8, 4) is 11.5 Å². The van der Waals surface area contributed by atoms with Gasteiger partial charge in [-0.2, -0.15) is 0 Å². The zero-order valence-electron chi connectivity index (χ0n) is 22.8. The summed E-state index contributed by atoms with van der Waals surface area (Å²) in [4.78, 5) is 40.8. The molecule has 11 nitrogen and oxygen atoms in total. The molecule has 0 spiro atoms. The Balaban J connectivity index is 1.54. The van der Waals surface area contributed by atoms with Gasteiger partial charge in [-0.3, -0.25) is 19.1 Å². The first-order valence-corrected chi connectivity index (χ1v) is 13.5. The summed E-state index contributed by atoms with van der Waals surface area (Å²) in [5.74, 6) is -0.0582. The van der Waals surface area contributed by atoms with E-state index in [1.165, 1.54) is 7.11 Å². The van der Waals surface area contributed by atoms with E-state index < -0.39 is 11.9 Å². The molecule has 1 aliphatic heterocycles. The topological polar surface area (TPSA) is 128 Å². The van der Waals surface area contributed by atoms with Crippen LogP contribution in [0.25, 0.3) is 0 Å². The van der Waals surface area contributed by atoms with Crippen LogP contribution in [0.1, 0.15) is 51.7 Å². The maximum absolute atomic E-state index is 13.5. The molecule has 12 heteroatoms. The van der Waals surface area contributed by atoms with E-state index >= 15 is 0 Å². The number of fused-ring (bicyclic) bond motifs is 3. The lowest BCUT2D eigenvalue weighted by atomic mass is 10.1. The van der Waals surface area contributed by atoms with Gasteiger partial charge in [0.2, 0.25) is 5.91 Å². The molecule has 3 aromatic rings. The Bertz CT molecular complexity index is 1380. The van der Waals surface area contributed by atoms with E-state index in [1.54, 1.807) is 53.0 Å². The fourth-order valence-corrected chi connectivity index (χ4v) is 4.50. The van der Waals surface area contributed by atoms with Gasteiger partial charge in [0.05, 0.1) is 32.0 Å². The maximum atomic E-state index is 13.5. The minimum absolute atomic E-state index is 0.219. The highest BCUT2D eigenvalue weighted by atomic mass is 35.5. The van der Waals surface area contributed by atoms with Crippen LogP contribution in [-0.4, -0.2) is 70.5 Å². The molecule has 40 heavy (non-hydrogen) atoms. The second-order valence-corrected chi connectivity index (χ2v) is 10.1. The lowest BCUT2D eigenvalue weighted by Crippen LogP contribution is -2.45. The van der Waals surface area contributed by atoms with Gasteiger partial charge in [0, 0.05) is 36.6 Å².